The number of nitrogens with zero attached hydrogens (tertiary/aromatic N) is 1. The number of carbonyl (C=O) groups is 1. The van der Waals surface area contributed by atoms with Gasteiger partial charge in [0.2, 0.25) is 0 Å². The Morgan fingerprint density at radius 2 is 2.08 bits per heavy atom. The van der Waals surface area contributed by atoms with E-state index in [4.69, 9.17) is 0 Å². The number of H-pyrrole nitrogens is 1. The highest BCUT2D eigenvalue weighted by atomic mass is 32.1. The zero-order valence-electron chi connectivity index (χ0n) is 14.6. The van der Waals surface area contributed by atoms with Gasteiger partial charge in [-0.3, -0.25) is 9.59 Å². The van der Waals surface area contributed by atoms with Gasteiger partial charge in [-0.2, -0.15) is 0 Å². The van der Waals surface area contributed by atoms with Crippen LogP contribution in [0.25, 0.3) is 10.2 Å². The van der Waals surface area contributed by atoms with Gasteiger partial charge in [0, 0.05) is 23.2 Å². The molecule has 130 valence electrons. The van der Waals surface area contributed by atoms with Gasteiger partial charge in [-0.1, -0.05) is 6.07 Å². The number of thiophene rings is 1. The number of amides is 1. The average molecular weight is 356 g/mol. The van der Waals surface area contributed by atoms with Crippen LogP contribution < -0.4 is 16.2 Å². The van der Waals surface area contributed by atoms with Crippen LogP contribution in [0.3, 0.4) is 0 Å². The second kappa shape index (κ2) is 6.68. The van der Waals surface area contributed by atoms with E-state index in [0.717, 1.165) is 21.0 Å². The minimum absolute atomic E-state index is 0.116. The summed E-state index contributed by atoms with van der Waals surface area (Å²) in [5.74, 6) is 0.429. The lowest BCUT2D eigenvalue weighted by atomic mass is 10.1. The van der Waals surface area contributed by atoms with Crippen molar-refractivity contribution < 1.29 is 4.79 Å². The second-order valence-electron chi connectivity index (χ2n) is 5.94. The molecule has 0 fully saturated rings. The molecule has 2 heterocycles. The summed E-state index contributed by atoms with van der Waals surface area (Å²) in [6, 6.07) is 6.99. The van der Waals surface area contributed by atoms with Crippen LogP contribution in [0.2, 0.25) is 0 Å². The van der Waals surface area contributed by atoms with Gasteiger partial charge in [0.1, 0.15) is 10.7 Å². The van der Waals surface area contributed by atoms with E-state index in [0.29, 0.717) is 16.8 Å². The molecule has 0 aliphatic carbocycles. The molecule has 0 aliphatic heterocycles. The Hall–Kier alpha value is -2.67. The summed E-state index contributed by atoms with van der Waals surface area (Å²) in [6.07, 6.45) is 0. The van der Waals surface area contributed by atoms with Crippen LogP contribution in [0, 0.1) is 13.8 Å². The highest BCUT2D eigenvalue weighted by Crippen LogP contribution is 2.27. The number of hydrogen-bond donors (Lipinski definition) is 3. The van der Waals surface area contributed by atoms with Crippen LogP contribution in [0.15, 0.2) is 29.1 Å². The topological polar surface area (TPSA) is 86.9 Å². The summed E-state index contributed by atoms with van der Waals surface area (Å²) in [5, 5.41) is 6.55. The lowest BCUT2D eigenvalue weighted by Gasteiger charge is -2.15. The van der Waals surface area contributed by atoms with Crippen molar-refractivity contribution in [3.05, 3.63) is 56.4 Å². The molecule has 0 spiro atoms. The fourth-order valence-electron chi connectivity index (χ4n) is 2.69. The monoisotopic (exact) mass is 356 g/mol. The molecule has 2 aromatic heterocycles. The van der Waals surface area contributed by atoms with Gasteiger partial charge in [-0.15, -0.1) is 11.3 Å². The molecule has 0 radical (unpaired) electrons. The zero-order valence-corrected chi connectivity index (χ0v) is 15.4. The maximum atomic E-state index is 12.4. The first-order chi connectivity index (χ1) is 11.9. The van der Waals surface area contributed by atoms with Crippen LogP contribution in [-0.2, 0) is 0 Å². The number of hydrogen-bond acceptors (Lipinski definition) is 5. The SMILES string of the molecule is CNC(=O)c1cccc(NC(C)c2nc3sc(C)c(C)c3c(=O)[nH]2)c1. The number of rotatable bonds is 4. The Balaban J connectivity index is 1.91. The van der Waals surface area contributed by atoms with Crippen molar-refractivity contribution >= 4 is 33.1 Å². The first kappa shape index (κ1) is 17.2. The Bertz CT molecular complexity index is 1010. The van der Waals surface area contributed by atoms with Gasteiger partial charge in [-0.05, 0) is 44.5 Å². The highest BCUT2D eigenvalue weighted by molar-refractivity contribution is 7.18. The van der Waals surface area contributed by atoms with E-state index in [1.165, 1.54) is 11.3 Å². The Morgan fingerprint density at radius 1 is 1.32 bits per heavy atom. The third-order valence-corrected chi connectivity index (χ3v) is 5.30. The number of nitrogens with one attached hydrogen (secondary N) is 3. The maximum absolute atomic E-state index is 12.4. The summed E-state index contributed by atoms with van der Waals surface area (Å²) in [5.41, 5.74) is 2.23. The number of fused-ring (bicyclic) bond motifs is 1. The Morgan fingerprint density at radius 3 is 2.80 bits per heavy atom. The van der Waals surface area contributed by atoms with Crippen molar-refractivity contribution in [1.29, 1.82) is 0 Å². The molecule has 0 bridgehead atoms. The minimum Gasteiger partial charge on any atom is -0.375 e. The molecular formula is C18H20N4O2S. The molecule has 0 saturated carbocycles. The molecule has 0 aliphatic rings. The molecule has 7 heteroatoms. The van der Waals surface area contributed by atoms with Gasteiger partial charge >= 0.3 is 0 Å². The lowest BCUT2D eigenvalue weighted by Crippen LogP contribution is -2.19. The van der Waals surface area contributed by atoms with E-state index in [9.17, 15) is 9.59 Å². The summed E-state index contributed by atoms with van der Waals surface area (Å²) in [6.45, 7) is 5.85. The van der Waals surface area contributed by atoms with E-state index in [-0.39, 0.29) is 17.5 Å². The standard InChI is InChI=1S/C18H20N4O2S/c1-9-11(3)25-18-14(9)17(24)21-15(22-18)10(2)20-13-7-5-6-12(8-13)16(23)19-4/h5-8,10,20H,1-4H3,(H,19,23)(H,21,22,24). The Labute approximate surface area is 149 Å². The molecular weight excluding hydrogens is 336 g/mol. The van der Waals surface area contributed by atoms with Gasteiger partial charge in [0.25, 0.3) is 11.5 Å². The number of aryl methyl sites for hydroxylation is 2. The number of aromatic nitrogens is 2. The number of benzene rings is 1. The Kier molecular flexibility index (Phi) is 4.59. The first-order valence-electron chi connectivity index (χ1n) is 7.99. The second-order valence-corrected chi connectivity index (χ2v) is 7.14. The number of anilines is 1. The molecule has 1 unspecified atom stereocenters. The molecule has 1 aromatic carbocycles. The normalized spacial score (nSPS) is 12.2. The van der Waals surface area contributed by atoms with Crippen molar-refractivity contribution in [3.8, 4) is 0 Å². The average Bonchev–Trinajstić information content (AvgIpc) is 2.89. The van der Waals surface area contributed by atoms with Crippen LogP contribution in [0.5, 0.6) is 0 Å². The van der Waals surface area contributed by atoms with Crippen molar-refractivity contribution in [2.45, 2.75) is 26.8 Å². The molecule has 25 heavy (non-hydrogen) atoms. The fourth-order valence-corrected chi connectivity index (χ4v) is 3.73. The van der Waals surface area contributed by atoms with Crippen LogP contribution >= 0.6 is 11.3 Å². The molecule has 1 amide bonds. The van der Waals surface area contributed by atoms with Crippen LogP contribution in [0.4, 0.5) is 5.69 Å². The summed E-state index contributed by atoms with van der Waals surface area (Å²) in [4.78, 5) is 33.5. The van der Waals surface area contributed by atoms with Gasteiger partial charge in [-0.25, -0.2) is 4.98 Å². The van der Waals surface area contributed by atoms with Crippen LogP contribution in [-0.4, -0.2) is 22.9 Å². The summed E-state index contributed by atoms with van der Waals surface area (Å²) in [7, 11) is 1.60. The van der Waals surface area contributed by atoms with E-state index < -0.39 is 0 Å². The number of carbonyl (C=O) groups excluding carboxylic acids is 1. The predicted octanol–water partition coefficient (Wildman–Crippen LogP) is 3.13. The molecule has 3 aromatic rings. The van der Waals surface area contributed by atoms with Gasteiger partial charge in [0.05, 0.1) is 11.4 Å². The van der Waals surface area contributed by atoms with Crippen LogP contribution in [0.1, 0.15) is 39.6 Å². The largest absolute Gasteiger partial charge is 0.375 e. The lowest BCUT2D eigenvalue weighted by molar-refractivity contribution is 0.0963. The smallest absolute Gasteiger partial charge is 0.259 e. The molecule has 3 N–H and O–H groups in total. The first-order valence-corrected chi connectivity index (χ1v) is 8.81. The third kappa shape index (κ3) is 3.28. The predicted molar refractivity (Wildman–Crippen MR) is 102 cm³/mol. The summed E-state index contributed by atoms with van der Waals surface area (Å²) < 4.78 is 0. The zero-order chi connectivity index (χ0) is 18.1. The van der Waals surface area contributed by atoms with Crippen molar-refractivity contribution in [2.24, 2.45) is 0 Å². The maximum Gasteiger partial charge on any atom is 0.259 e. The van der Waals surface area contributed by atoms with Gasteiger partial charge < -0.3 is 15.6 Å². The molecule has 3 rings (SSSR count). The molecule has 0 saturated heterocycles. The van der Waals surface area contributed by atoms with E-state index in [1.807, 2.05) is 32.9 Å². The van der Waals surface area contributed by atoms with Gasteiger partial charge in [0.15, 0.2) is 0 Å². The van der Waals surface area contributed by atoms with E-state index in [1.54, 1.807) is 19.2 Å². The van der Waals surface area contributed by atoms with Crippen molar-refractivity contribution in [2.75, 3.05) is 12.4 Å². The van der Waals surface area contributed by atoms with E-state index >= 15 is 0 Å². The quantitative estimate of drug-likeness (QED) is 0.670. The molecule has 6 nitrogen and oxygen atoms in total. The highest BCUT2D eigenvalue weighted by Gasteiger charge is 2.15. The third-order valence-electron chi connectivity index (χ3n) is 4.20. The van der Waals surface area contributed by atoms with Crippen molar-refractivity contribution in [3.63, 3.8) is 0 Å². The fraction of sp³-hybridized carbons (Fsp3) is 0.278. The molecule has 1 atom stereocenters. The minimum atomic E-state index is -0.209. The van der Waals surface area contributed by atoms with Crippen molar-refractivity contribution in [1.82, 2.24) is 15.3 Å². The number of aromatic amines is 1. The summed E-state index contributed by atoms with van der Waals surface area (Å²) >= 11 is 1.53. The van der Waals surface area contributed by atoms with E-state index in [2.05, 4.69) is 20.6 Å².